The van der Waals surface area contributed by atoms with Gasteiger partial charge in [0.25, 0.3) is 16.0 Å². The molecule has 0 atom stereocenters. The van der Waals surface area contributed by atoms with E-state index < -0.39 is 61.4 Å². The van der Waals surface area contributed by atoms with Crippen molar-refractivity contribution in [1.82, 2.24) is 0 Å². The summed E-state index contributed by atoms with van der Waals surface area (Å²) in [5.41, 5.74) is -0.682. The number of hydrogen-bond acceptors (Lipinski definition) is 5. The van der Waals surface area contributed by atoms with Crippen molar-refractivity contribution in [3.8, 4) is 0 Å². The summed E-state index contributed by atoms with van der Waals surface area (Å²) in [5.74, 6) is -12.2. The van der Waals surface area contributed by atoms with Gasteiger partial charge >= 0.3 is 0 Å². The molecule has 0 saturated carbocycles. The van der Waals surface area contributed by atoms with E-state index in [-0.39, 0.29) is 11.3 Å². The lowest BCUT2D eigenvalue weighted by Crippen LogP contribution is -2.17. The Morgan fingerprint density at radius 3 is 2.07 bits per heavy atom. The Morgan fingerprint density at radius 2 is 1.52 bits per heavy atom. The fourth-order valence-electron chi connectivity index (χ4n) is 2.22. The first-order chi connectivity index (χ1) is 12.5. The van der Waals surface area contributed by atoms with Gasteiger partial charge < -0.3 is 5.32 Å². The molecule has 0 bridgehead atoms. The molecule has 0 saturated heterocycles. The lowest BCUT2D eigenvalue weighted by atomic mass is 10.1. The average Bonchev–Trinajstić information content (AvgIpc) is 2.92. The summed E-state index contributed by atoms with van der Waals surface area (Å²) in [5, 5.41) is 5.56. The first-order valence-electron chi connectivity index (χ1n) is 6.80. The molecule has 0 aromatic heterocycles. The van der Waals surface area contributed by atoms with Gasteiger partial charge in [0.05, 0.1) is 10.6 Å². The number of hydrazone groups is 1. The summed E-state index contributed by atoms with van der Waals surface area (Å²) in [7, 11) is -4.64. The normalized spacial score (nSPS) is 15.0. The predicted molar refractivity (Wildman–Crippen MR) is 81.3 cm³/mol. The van der Waals surface area contributed by atoms with Gasteiger partial charge in [0.15, 0.2) is 29.0 Å². The number of anilines is 2. The van der Waals surface area contributed by atoms with E-state index >= 15 is 0 Å². The second-order valence-electron chi connectivity index (χ2n) is 5.15. The van der Waals surface area contributed by atoms with Gasteiger partial charge in [-0.1, -0.05) is 0 Å². The lowest BCUT2D eigenvalue weighted by Gasteiger charge is -2.08. The van der Waals surface area contributed by atoms with Crippen molar-refractivity contribution in [2.24, 2.45) is 5.10 Å². The molecule has 142 valence electrons. The van der Waals surface area contributed by atoms with Crippen LogP contribution in [0.4, 0.5) is 33.3 Å². The van der Waals surface area contributed by atoms with Gasteiger partial charge in [-0.25, -0.2) is 22.0 Å². The van der Waals surface area contributed by atoms with Crippen molar-refractivity contribution >= 4 is 33.1 Å². The van der Waals surface area contributed by atoms with Crippen LogP contribution in [-0.4, -0.2) is 24.6 Å². The molecule has 3 rings (SSSR count). The molecule has 0 unspecified atom stereocenters. The average molecular weight is 407 g/mol. The van der Waals surface area contributed by atoms with E-state index in [2.05, 4.69) is 10.4 Å². The highest BCUT2D eigenvalue weighted by molar-refractivity contribution is 7.85. The third-order valence-electron chi connectivity index (χ3n) is 3.50. The van der Waals surface area contributed by atoms with Gasteiger partial charge in [-0.2, -0.15) is 13.5 Å². The minimum Gasteiger partial charge on any atom is -0.320 e. The summed E-state index contributed by atoms with van der Waals surface area (Å²) in [6.45, 7) is 0. The third-order valence-corrected chi connectivity index (χ3v) is 4.35. The number of benzene rings is 2. The molecule has 27 heavy (non-hydrogen) atoms. The molecule has 2 aromatic carbocycles. The Bertz CT molecular complexity index is 1110. The number of carbonyl (C=O) groups is 1. The van der Waals surface area contributed by atoms with E-state index in [1.807, 2.05) is 0 Å². The third kappa shape index (κ3) is 3.10. The van der Waals surface area contributed by atoms with E-state index in [0.29, 0.717) is 0 Å². The number of rotatable bonds is 3. The van der Waals surface area contributed by atoms with Crippen LogP contribution >= 0.6 is 0 Å². The van der Waals surface area contributed by atoms with Gasteiger partial charge in [-0.15, -0.1) is 0 Å². The van der Waals surface area contributed by atoms with Crippen LogP contribution in [0.2, 0.25) is 0 Å². The fourth-order valence-corrected chi connectivity index (χ4v) is 2.73. The molecule has 13 heteroatoms. The van der Waals surface area contributed by atoms with Gasteiger partial charge in [-0.3, -0.25) is 14.8 Å². The summed E-state index contributed by atoms with van der Waals surface area (Å²) in [6.07, 6.45) is 0. The number of hydrogen-bond donors (Lipinski definition) is 3. The highest BCUT2D eigenvalue weighted by Crippen LogP contribution is 2.29. The van der Waals surface area contributed by atoms with E-state index in [1.54, 1.807) is 5.43 Å². The largest absolute Gasteiger partial charge is 0.320 e. The topological polar surface area (TPSA) is 108 Å². The SMILES string of the molecule is O=C1Nc2ccc(S(=O)(=O)O)cc2/C1=N/Nc1c(F)c(F)c(F)c(F)c1F. The number of carbonyl (C=O) groups excluding carboxylic acids is 1. The van der Waals surface area contributed by atoms with Crippen LogP contribution in [0.5, 0.6) is 0 Å². The fraction of sp³-hybridized carbons (Fsp3) is 0. The van der Waals surface area contributed by atoms with Gasteiger partial charge in [0.1, 0.15) is 5.69 Å². The van der Waals surface area contributed by atoms with E-state index in [0.717, 1.165) is 18.2 Å². The van der Waals surface area contributed by atoms with Crippen LogP contribution in [0.15, 0.2) is 28.2 Å². The van der Waals surface area contributed by atoms with Gasteiger partial charge in [-0.05, 0) is 18.2 Å². The van der Waals surface area contributed by atoms with Crippen molar-refractivity contribution in [3.63, 3.8) is 0 Å². The number of halogens is 5. The molecule has 1 aliphatic rings. The molecule has 1 aliphatic heterocycles. The second kappa shape index (κ2) is 6.28. The van der Waals surface area contributed by atoms with Crippen molar-refractivity contribution in [3.05, 3.63) is 52.8 Å². The lowest BCUT2D eigenvalue weighted by molar-refractivity contribution is -0.110. The van der Waals surface area contributed by atoms with Crippen LogP contribution in [0, 0.1) is 29.1 Å². The smallest absolute Gasteiger partial charge is 0.294 e. The molecule has 3 N–H and O–H groups in total. The molecule has 7 nitrogen and oxygen atoms in total. The highest BCUT2D eigenvalue weighted by Gasteiger charge is 2.30. The Morgan fingerprint density at radius 1 is 0.963 bits per heavy atom. The first-order valence-corrected chi connectivity index (χ1v) is 8.24. The maximum absolute atomic E-state index is 13.6. The van der Waals surface area contributed by atoms with Crippen molar-refractivity contribution in [2.75, 3.05) is 10.7 Å². The Balaban J connectivity index is 2.08. The van der Waals surface area contributed by atoms with Crippen molar-refractivity contribution < 1.29 is 39.7 Å². The van der Waals surface area contributed by atoms with Crippen LogP contribution in [0.25, 0.3) is 0 Å². The molecular weight excluding hydrogens is 401 g/mol. The molecule has 0 fully saturated rings. The minimum absolute atomic E-state index is 0.0466. The maximum atomic E-state index is 13.6. The van der Waals surface area contributed by atoms with Crippen LogP contribution in [0.1, 0.15) is 5.56 Å². The summed E-state index contributed by atoms with van der Waals surface area (Å²) < 4.78 is 98.0. The number of fused-ring (bicyclic) bond motifs is 1. The molecule has 0 aliphatic carbocycles. The molecule has 1 amide bonds. The molecule has 0 spiro atoms. The predicted octanol–water partition coefficient (Wildman–Crippen LogP) is 2.40. The van der Waals surface area contributed by atoms with E-state index in [9.17, 15) is 35.2 Å². The van der Waals surface area contributed by atoms with Crippen molar-refractivity contribution in [1.29, 1.82) is 0 Å². The summed E-state index contributed by atoms with van der Waals surface area (Å²) in [4.78, 5) is 11.3. The standard InChI is InChI=1S/C14H6F5N3O4S/c15-7-8(16)10(18)13(11(19)9(7)17)22-21-12-5-3-4(27(24,25)26)1-2-6(5)20-14(12)23/h1-3,22H,(H,20,21,23)(H,24,25,26). The number of nitrogens with one attached hydrogen (secondary N) is 2. The zero-order chi connectivity index (χ0) is 20.1. The Labute approximate surface area is 147 Å². The van der Waals surface area contributed by atoms with Crippen molar-refractivity contribution in [2.45, 2.75) is 4.90 Å². The highest BCUT2D eigenvalue weighted by atomic mass is 32.2. The van der Waals surface area contributed by atoms with E-state index in [1.165, 1.54) is 0 Å². The molecule has 2 aromatic rings. The number of nitrogens with zero attached hydrogens (tertiary/aromatic N) is 1. The quantitative estimate of drug-likeness (QED) is 0.238. The summed E-state index contributed by atoms with van der Waals surface area (Å²) in [6, 6.07) is 2.91. The van der Waals surface area contributed by atoms with Gasteiger partial charge in [0, 0.05) is 5.56 Å². The number of amides is 1. The zero-order valence-electron chi connectivity index (χ0n) is 12.6. The van der Waals surface area contributed by atoms with E-state index in [4.69, 9.17) is 4.55 Å². The monoisotopic (exact) mass is 407 g/mol. The second-order valence-corrected chi connectivity index (χ2v) is 6.58. The van der Waals surface area contributed by atoms with Gasteiger partial charge in [0.2, 0.25) is 5.82 Å². The van der Waals surface area contributed by atoms with Crippen LogP contribution in [-0.2, 0) is 14.9 Å². The summed E-state index contributed by atoms with van der Waals surface area (Å²) >= 11 is 0. The molecule has 0 radical (unpaired) electrons. The Kier molecular flexibility index (Phi) is 4.35. The first kappa shape index (κ1) is 18.7. The van der Waals surface area contributed by atoms with Crippen LogP contribution < -0.4 is 10.7 Å². The maximum Gasteiger partial charge on any atom is 0.294 e. The Hall–Kier alpha value is -3.06. The molecular formula is C14H6F5N3O4S. The minimum atomic E-state index is -4.64. The van der Waals surface area contributed by atoms with Crippen LogP contribution in [0.3, 0.4) is 0 Å². The zero-order valence-corrected chi connectivity index (χ0v) is 13.5. The molecule has 1 heterocycles.